The van der Waals surface area contributed by atoms with Gasteiger partial charge in [0, 0.05) is 0 Å². The van der Waals surface area contributed by atoms with E-state index in [4.69, 9.17) is 24.7 Å². The van der Waals surface area contributed by atoms with E-state index in [1.165, 1.54) is 0 Å². The molecule has 5 atom stereocenters. The molecule has 2 bridgehead atoms. The number of fused-ring (bicyclic) bond motifs is 4. The van der Waals surface area contributed by atoms with Crippen molar-refractivity contribution in [1.82, 2.24) is 0 Å². The van der Waals surface area contributed by atoms with Gasteiger partial charge in [-0.25, -0.2) is 0 Å². The van der Waals surface area contributed by atoms with Crippen molar-refractivity contribution in [3.05, 3.63) is 0 Å². The average Bonchev–Trinajstić information content (AvgIpc) is 2.76. The van der Waals surface area contributed by atoms with Gasteiger partial charge in [0.25, 0.3) is 0 Å². The molecule has 3 heterocycles. The van der Waals surface area contributed by atoms with Crippen LogP contribution in [0.15, 0.2) is 0 Å². The Labute approximate surface area is 93.6 Å². The molecule has 92 valence electrons. The smallest absolute Gasteiger partial charge is 0.176 e. The summed E-state index contributed by atoms with van der Waals surface area (Å²) in [5.41, 5.74) is 5.18. The van der Waals surface area contributed by atoms with Crippen LogP contribution in [-0.4, -0.2) is 54.2 Å². The van der Waals surface area contributed by atoms with Crippen LogP contribution in [0.4, 0.5) is 0 Å². The van der Waals surface area contributed by atoms with E-state index in [2.05, 4.69) is 0 Å². The number of aliphatic hydroxyl groups is 1. The number of hydrogen-bond donors (Lipinski definition) is 2. The lowest BCUT2D eigenvalue weighted by Crippen LogP contribution is -2.63. The fourth-order valence-corrected chi connectivity index (χ4v) is 2.67. The van der Waals surface area contributed by atoms with Crippen molar-refractivity contribution < 1.29 is 24.1 Å². The highest BCUT2D eigenvalue weighted by Gasteiger charge is 2.64. The molecule has 0 aromatic carbocycles. The Kier molecular flexibility index (Phi) is 2.15. The predicted molar refractivity (Wildman–Crippen MR) is 52.4 cm³/mol. The van der Waals surface area contributed by atoms with Gasteiger partial charge in [0.15, 0.2) is 12.1 Å². The minimum Gasteiger partial charge on any atom is -0.393 e. The maximum Gasteiger partial charge on any atom is 0.176 e. The standard InChI is InChI=1S/C10H17NO5/c1-9(2)14-6-5(11)8-13-4-10(3-12,16-8)7(6)15-9/h5-8,12H,3-4,11H2,1-2H3/t5-,6-,7-,8+,10+/m1/s1. The Morgan fingerprint density at radius 3 is 2.75 bits per heavy atom. The zero-order valence-corrected chi connectivity index (χ0v) is 9.38. The second kappa shape index (κ2) is 3.16. The molecule has 0 aromatic heterocycles. The SMILES string of the molecule is CC1(C)O[C@@H]2[C@@H](N)[C@H]3OC[C@](CO)(O3)[C@@H]2O1. The largest absolute Gasteiger partial charge is 0.393 e. The van der Waals surface area contributed by atoms with Gasteiger partial charge in [0.2, 0.25) is 0 Å². The number of hydrogen-bond acceptors (Lipinski definition) is 6. The van der Waals surface area contributed by atoms with E-state index in [0.717, 1.165) is 0 Å². The van der Waals surface area contributed by atoms with Crippen molar-refractivity contribution in [2.45, 2.75) is 49.8 Å². The van der Waals surface area contributed by atoms with Crippen molar-refractivity contribution in [1.29, 1.82) is 0 Å². The maximum absolute atomic E-state index is 9.49. The Morgan fingerprint density at radius 2 is 2.06 bits per heavy atom. The quantitative estimate of drug-likeness (QED) is 0.599. The maximum atomic E-state index is 9.49. The third-order valence-corrected chi connectivity index (χ3v) is 3.45. The van der Waals surface area contributed by atoms with Crippen molar-refractivity contribution in [3.63, 3.8) is 0 Å². The first kappa shape index (κ1) is 10.9. The summed E-state index contributed by atoms with van der Waals surface area (Å²) in [4.78, 5) is 0. The van der Waals surface area contributed by atoms with Crippen LogP contribution in [0, 0.1) is 0 Å². The number of ether oxygens (including phenoxy) is 4. The van der Waals surface area contributed by atoms with Gasteiger partial charge in [-0.1, -0.05) is 0 Å². The minimum atomic E-state index is -0.820. The lowest BCUT2D eigenvalue weighted by Gasteiger charge is -2.39. The average molecular weight is 231 g/mol. The van der Waals surface area contributed by atoms with E-state index >= 15 is 0 Å². The summed E-state index contributed by atoms with van der Waals surface area (Å²) in [6.07, 6.45) is -1.17. The summed E-state index contributed by atoms with van der Waals surface area (Å²) in [5.74, 6) is -0.692. The van der Waals surface area contributed by atoms with Crippen LogP contribution in [0.2, 0.25) is 0 Å². The summed E-state index contributed by atoms with van der Waals surface area (Å²) in [5, 5.41) is 9.49. The van der Waals surface area contributed by atoms with Gasteiger partial charge in [-0.05, 0) is 13.8 Å². The normalized spacial score (nSPS) is 54.0. The van der Waals surface area contributed by atoms with Crippen LogP contribution in [0.25, 0.3) is 0 Å². The summed E-state index contributed by atoms with van der Waals surface area (Å²) >= 11 is 0. The molecule has 0 aromatic rings. The van der Waals surface area contributed by atoms with Gasteiger partial charge >= 0.3 is 0 Å². The molecule has 3 rings (SSSR count). The number of aliphatic hydroxyl groups excluding tert-OH is 1. The van der Waals surface area contributed by atoms with Gasteiger partial charge in [-0.2, -0.15) is 0 Å². The molecule has 0 spiro atoms. The first-order chi connectivity index (χ1) is 7.47. The fraction of sp³-hybridized carbons (Fsp3) is 1.00. The lowest BCUT2D eigenvalue weighted by molar-refractivity contribution is -0.203. The molecule has 3 saturated heterocycles. The second-order valence-electron chi connectivity index (χ2n) is 5.12. The van der Waals surface area contributed by atoms with Gasteiger partial charge in [-0.15, -0.1) is 0 Å². The highest BCUT2D eigenvalue weighted by molar-refractivity contribution is 5.09. The molecule has 6 heteroatoms. The Morgan fingerprint density at radius 1 is 1.31 bits per heavy atom. The molecule has 3 N–H and O–H groups in total. The molecule has 16 heavy (non-hydrogen) atoms. The van der Waals surface area contributed by atoms with Crippen molar-refractivity contribution in [3.8, 4) is 0 Å². The monoisotopic (exact) mass is 231 g/mol. The van der Waals surface area contributed by atoms with E-state index in [1.807, 2.05) is 13.8 Å². The van der Waals surface area contributed by atoms with Crippen molar-refractivity contribution in [2.75, 3.05) is 13.2 Å². The van der Waals surface area contributed by atoms with E-state index in [0.29, 0.717) is 6.61 Å². The zero-order chi connectivity index (χ0) is 11.6. The molecule has 0 aliphatic carbocycles. The fourth-order valence-electron chi connectivity index (χ4n) is 2.67. The van der Waals surface area contributed by atoms with Gasteiger partial charge in [0.05, 0.1) is 19.3 Å². The van der Waals surface area contributed by atoms with Gasteiger partial charge in [-0.3, -0.25) is 0 Å². The molecule has 3 fully saturated rings. The molecular weight excluding hydrogens is 214 g/mol. The van der Waals surface area contributed by atoms with E-state index < -0.39 is 17.7 Å². The second-order valence-corrected chi connectivity index (χ2v) is 5.12. The number of nitrogens with two attached hydrogens (primary N) is 1. The summed E-state index contributed by atoms with van der Waals surface area (Å²) in [7, 11) is 0. The van der Waals surface area contributed by atoms with Crippen LogP contribution in [0.5, 0.6) is 0 Å². The molecule has 0 amide bonds. The van der Waals surface area contributed by atoms with Crippen LogP contribution in [0.3, 0.4) is 0 Å². The van der Waals surface area contributed by atoms with Crippen molar-refractivity contribution in [2.24, 2.45) is 5.73 Å². The van der Waals surface area contributed by atoms with Crippen LogP contribution < -0.4 is 5.73 Å². The van der Waals surface area contributed by atoms with Crippen molar-refractivity contribution >= 4 is 0 Å². The van der Waals surface area contributed by atoms with E-state index in [1.54, 1.807) is 0 Å². The molecule has 0 unspecified atom stereocenters. The Balaban J connectivity index is 1.95. The first-order valence-electron chi connectivity index (χ1n) is 5.49. The summed E-state index contributed by atoms with van der Waals surface area (Å²) in [6.45, 7) is 3.80. The zero-order valence-electron chi connectivity index (χ0n) is 9.38. The first-order valence-corrected chi connectivity index (χ1v) is 5.49. The topological polar surface area (TPSA) is 83.2 Å². The highest BCUT2D eigenvalue weighted by atomic mass is 16.8. The van der Waals surface area contributed by atoms with Gasteiger partial charge in [0.1, 0.15) is 17.8 Å². The Hall–Kier alpha value is -0.240. The predicted octanol–water partition coefficient (Wildman–Crippen LogP) is -1.05. The van der Waals surface area contributed by atoms with Gasteiger partial charge < -0.3 is 29.8 Å². The van der Waals surface area contributed by atoms with E-state index in [9.17, 15) is 5.11 Å². The third-order valence-electron chi connectivity index (χ3n) is 3.45. The van der Waals surface area contributed by atoms with Crippen LogP contribution in [-0.2, 0) is 18.9 Å². The van der Waals surface area contributed by atoms with E-state index in [-0.39, 0.29) is 24.9 Å². The molecule has 0 radical (unpaired) electrons. The molecule has 6 nitrogen and oxygen atoms in total. The highest BCUT2D eigenvalue weighted by Crippen LogP contribution is 2.45. The molecule has 3 aliphatic heterocycles. The number of rotatable bonds is 1. The minimum absolute atomic E-state index is 0.156. The molecular formula is C10H17NO5. The summed E-state index contributed by atoms with van der Waals surface area (Å²) < 4.78 is 22.6. The lowest BCUT2D eigenvalue weighted by atomic mass is 9.89. The molecule has 0 saturated carbocycles. The summed E-state index contributed by atoms with van der Waals surface area (Å²) in [6, 6.07) is -0.381. The van der Waals surface area contributed by atoms with Crippen LogP contribution in [0.1, 0.15) is 13.8 Å². The Bertz CT molecular complexity index is 310. The van der Waals surface area contributed by atoms with Crippen LogP contribution >= 0.6 is 0 Å². The molecule has 3 aliphatic rings. The third kappa shape index (κ3) is 1.28.